The Kier molecular flexibility index (Phi) is 3.91. The van der Waals surface area contributed by atoms with Gasteiger partial charge in [0, 0.05) is 16.7 Å². The number of carboxylic acid groups (broad SMARTS) is 1. The summed E-state index contributed by atoms with van der Waals surface area (Å²) in [5.41, 5.74) is -1.87. The summed E-state index contributed by atoms with van der Waals surface area (Å²) in [5, 5.41) is 8.89. The Morgan fingerprint density at radius 2 is 1.86 bits per heavy atom. The molecular weight excluding hydrogens is 355 g/mol. The molecule has 0 aliphatic rings. The number of hydrogen-bond donors (Lipinski definition) is 1. The van der Waals surface area contributed by atoms with Crippen LogP contribution in [0.5, 0.6) is 0 Å². The monoisotopic (exact) mass is 361 g/mol. The second kappa shape index (κ2) is 5.36. The molecule has 0 atom stereocenters. The van der Waals surface area contributed by atoms with Crippen molar-refractivity contribution in [3.8, 4) is 5.69 Å². The van der Waals surface area contributed by atoms with Crippen LogP contribution >= 0.6 is 15.9 Å². The van der Waals surface area contributed by atoms with Crippen molar-refractivity contribution in [2.75, 3.05) is 0 Å². The van der Waals surface area contributed by atoms with Crippen molar-refractivity contribution in [2.24, 2.45) is 0 Å². The first kappa shape index (κ1) is 15.3. The molecule has 0 saturated carbocycles. The number of benzene rings is 1. The Morgan fingerprint density at radius 3 is 2.43 bits per heavy atom. The summed E-state index contributed by atoms with van der Waals surface area (Å²) in [7, 11) is 0. The minimum atomic E-state index is -4.57. The number of pyridine rings is 1. The molecular formula is C13H7BrF3NO3. The third kappa shape index (κ3) is 3.15. The highest BCUT2D eigenvalue weighted by Gasteiger charge is 2.31. The zero-order valence-electron chi connectivity index (χ0n) is 10.2. The van der Waals surface area contributed by atoms with Gasteiger partial charge in [-0.2, -0.15) is 13.2 Å². The SMILES string of the molecule is O=C(O)c1ccc(=O)n(-c2cc(C(F)(F)F)ccc2Br)c1. The van der Waals surface area contributed by atoms with Gasteiger partial charge in [-0.1, -0.05) is 0 Å². The van der Waals surface area contributed by atoms with Crippen LogP contribution in [0.25, 0.3) is 5.69 Å². The fourth-order valence-electron chi connectivity index (χ4n) is 1.68. The smallest absolute Gasteiger partial charge is 0.416 e. The first-order valence-corrected chi connectivity index (χ1v) is 6.32. The molecule has 0 unspecified atom stereocenters. The van der Waals surface area contributed by atoms with E-state index in [0.29, 0.717) is 0 Å². The van der Waals surface area contributed by atoms with Crippen molar-refractivity contribution >= 4 is 21.9 Å². The van der Waals surface area contributed by atoms with E-state index in [4.69, 9.17) is 5.11 Å². The van der Waals surface area contributed by atoms with Crippen molar-refractivity contribution in [3.63, 3.8) is 0 Å². The normalized spacial score (nSPS) is 11.4. The highest BCUT2D eigenvalue weighted by Crippen LogP contribution is 2.32. The highest BCUT2D eigenvalue weighted by atomic mass is 79.9. The fraction of sp³-hybridized carbons (Fsp3) is 0.0769. The van der Waals surface area contributed by atoms with Crippen molar-refractivity contribution < 1.29 is 23.1 Å². The van der Waals surface area contributed by atoms with Gasteiger partial charge in [0.05, 0.1) is 16.8 Å². The number of halogens is 4. The van der Waals surface area contributed by atoms with E-state index >= 15 is 0 Å². The van der Waals surface area contributed by atoms with E-state index in [0.717, 1.165) is 41.1 Å². The van der Waals surface area contributed by atoms with Crippen LogP contribution in [0.15, 0.2) is 45.8 Å². The molecule has 1 aromatic heterocycles. The number of nitrogens with zero attached hydrogens (tertiary/aromatic N) is 1. The van der Waals surface area contributed by atoms with Gasteiger partial charge in [0.1, 0.15) is 0 Å². The van der Waals surface area contributed by atoms with Gasteiger partial charge in [0.25, 0.3) is 5.56 Å². The van der Waals surface area contributed by atoms with Crippen LogP contribution in [-0.2, 0) is 6.18 Å². The van der Waals surface area contributed by atoms with Crippen LogP contribution in [0.3, 0.4) is 0 Å². The van der Waals surface area contributed by atoms with Crippen LogP contribution in [0.1, 0.15) is 15.9 Å². The molecule has 0 radical (unpaired) electrons. The summed E-state index contributed by atoms with van der Waals surface area (Å²) in [6, 6.07) is 4.85. The van der Waals surface area contributed by atoms with Gasteiger partial charge in [-0.25, -0.2) is 4.79 Å². The van der Waals surface area contributed by atoms with E-state index in [2.05, 4.69) is 15.9 Å². The molecule has 0 aliphatic heterocycles. The molecule has 2 rings (SSSR count). The molecule has 4 nitrogen and oxygen atoms in total. The molecule has 21 heavy (non-hydrogen) atoms. The zero-order valence-corrected chi connectivity index (χ0v) is 11.8. The summed E-state index contributed by atoms with van der Waals surface area (Å²) in [4.78, 5) is 22.7. The summed E-state index contributed by atoms with van der Waals surface area (Å²) in [6.45, 7) is 0. The maximum atomic E-state index is 12.7. The minimum Gasteiger partial charge on any atom is -0.478 e. The standard InChI is InChI=1S/C13H7BrF3NO3/c14-9-3-2-8(13(15,16)17)5-10(9)18-6-7(12(20)21)1-4-11(18)19/h1-6H,(H,20,21). The molecule has 0 amide bonds. The zero-order chi connectivity index (χ0) is 15.8. The van der Waals surface area contributed by atoms with Crippen molar-refractivity contribution in [1.29, 1.82) is 0 Å². The van der Waals surface area contributed by atoms with E-state index in [1.165, 1.54) is 0 Å². The van der Waals surface area contributed by atoms with Gasteiger partial charge in [-0.15, -0.1) is 0 Å². The van der Waals surface area contributed by atoms with E-state index in [-0.39, 0.29) is 15.7 Å². The van der Waals surface area contributed by atoms with Gasteiger partial charge in [0.2, 0.25) is 0 Å². The van der Waals surface area contributed by atoms with Crippen molar-refractivity contribution in [1.82, 2.24) is 4.57 Å². The average Bonchev–Trinajstić information content (AvgIpc) is 2.38. The van der Waals surface area contributed by atoms with Crippen LogP contribution < -0.4 is 5.56 Å². The summed E-state index contributed by atoms with van der Waals surface area (Å²) in [6.07, 6.45) is -3.59. The van der Waals surface area contributed by atoms with Crippen LogP contribution in [-0.4, -0.2) is 15.6 Å². The maximum Gasteiger partial charge on any atom is 0.416 e. The number of carbonyl (C=O) groups is 1. The molecule has 1 aromatic carbocycles. The molecule has 0 fully saturated rings. The van der Waals surface area contributed by atoms with E-state index in [1.807, 2.05) is 0 Å². The van der Waals surface area contributed by atoms with E-state index in [1.54, 1.807) is 0 Å². The maximum absolute atomic E-state index is 12.7. The van der Waals surface area contributed by atoms with Crippen molar-refractivity contribution in [3.05, 3.63) is 62.5 Å². The number of carboxylic acids is 1. The molecule has 0 saturated heterocycles. The Labute approximate surface area is 124 Å². The predicted molar refractivity (Wildman–Crippen MR) is 71.7 cm³/mol. The number of rotatable bonds is 2. The molecule has 2 aromatic rings. The van der Waals surface area contributed by atoms with Gasteiger partial charge < -0.3 is 5.11 Å². The number of aromatic carboxylic acids is 1. The van der Waals surface area contributed by atoms with Gasteiger partial charge in [0.15, 0.2) is 0 Å². The number of alkyl halides is 3. The predicted octanol–water partition coefficient (Wildman–Crippen LogP) is 3.32. The summed E-state index contributed by atoms with van der Waals surface area (Å²) < 4.78 is 39.3. The third-order valence-corrected chi connectivity index (χ3v) is 3.36. The lowest BCUT2D eigenvalue weighted by Gasteiger charge is -2.12. The van der Waals surface area contributed by atoms with Crippen LogP contribution in [0, 0.1) is 0 Å². The molecule has 1 heterocycles. The summed E-state index contributed by atoms with van der Waals surface area (Å²) in [5.74, 6) is -1.29. The molecule has 1 N–H and O–H groups in total. The van der Waals surface area contributed by atoms with Gasteiger partial charge in [-0.3, -0.25) is 9.36 Å². The van der Waals surface area contributed by atoms with Crippen LogP contribution in [0.4, 0.5) is 13.2 Å². The van der Waals surface area contributed by atoms with Crippen molar-refractivity contribution in [2.45, 2.75) is 6.18 Å². The quantitative estimate of drug-likeness (QED) is 0.892. The highest BCUT2D eigenvalue weighted by molar-refractivity contribution is 9.10. The largest absolute Gasteiger partial charge is 0.478 e. The average molecular weight is 362 g/mol. The molecule has 110 valence electrons. The molecule has 0 spiro atoms. The Balaban J connectivity index is 2.69. The van der Waals surface area contributed by atoms with Crippen LogP contribution in [0.2, 0.25) is 0 Å². The third-order valence-electron chi connectivity index (χ3n) is 2.69. The topological polar surface area (TPSA) is 59.3 Å². The second-order valence-corrected chi connectivity index (χ2v) is 4.95. The van der Waals surface area contributed by atoms with E-state index < -0.39 is 23.3 Å². The first-order chi connectivity index (χ1) is 9.70. The minimum absolute atomic E-state index is 0.0853. The van der Waals surface area contributed by atoms with E-state index in [9.17, 15) is 22.8 Å². The fourth-order valence-corrected chi connectivity index (χ4v) is 2.11. The number of aromatic nitrogens is 1. The molecule has 8 heteroatoms. The Morgan fingerprint density at radius 1 is 1.19 bits per heavy atom. The lowest BCUT2D eigenvalue weighted by Crippen LogP contribution is -2.19. The number of hydrogen-bond acceptors (Lipinski definition) is 2. The Bertz CT molecular complexity index is 768. The molecule has 0 bridgehead atoms. The lowest BCUT2D eigenvalue weighted by atomic mass is 10.2. The summed E-state index contributed by atoms with van der Waals surface area (Å²) >= 11 is 3.06. The first-order valence-electron chi connectivity index (χ1n) is 5.53. The lowest BCUT2D eigenvalue weighted by molar-refractivity contribution is -0.137. The van der Waals surface area contributed by atoms with Gasteiger partial charge in [-0.05, 0) is 40.2 Å². The second-order valence-electron chi connectivity index (χ2n) is 4.10. The Hall–Kier alpha value is -2.09. The molecule has 0 aliphatic carbocycles. The van der Waals surface area contributed by atoms with Gasteiger partial charge >= 0.3 is 12.1 Å².